The number of amides is 1. The van der Waals surface area contributed by atoms with Crippen molar-refractivity contribution < 1.29 is 4.79 Å². The SMILES string of the molecule is Cc1cccnc1NCC1CCC(C2(C(N)=O)C=C(Cl)C=NC2C)CC1. The van der Waals surface area contributed by atoms with Crippen LogP contribution in [0, 0.1) is 24.2 Å². The number of hydrogen-bond donors (Lipinski definition) is 2. The van der Waals surface area contributed by atoms with Gasteiger partial charge in [0, 0.05) is 19.0 Å². The van der Waals surface area contributed by atoms with Crippen LogP contribution in [-0.2, 0) is 4.79 Å². The van der Waals surface area contributed by atoms with Crippen molar-refractivity contribution in [3.63, 3.8) is 0 Å². The molecule has 1 aliphatic heterocycles. The summed E-state index contributed by atoms with van der Waals surface area (Å²) in [6.07, 6.45) is 9.30. The largest absolute Gasteiger partial charge is 0.370 e. The number of aryl methyl sites for hydroxylation is 1. The number of hydrogen-bond acceptors (Lipinski definition) is 4. The van der Waals surface area contributed by atoms with E-state index < -0.39 is 5.41 Å². The minimum absolute atomic E-state index is 0.168. The average Bonchev–Trinajstić information content (AvgIpc) is 2.63. The number of dihydropyridines is 1. The van der Waals surface area contributed by atoms with E-state index in [9.17, 15) is 4.79 Å². The van der Waals surface area contributed by atoms with Crippen LogP contribution in [0.2, 0.25) is 0 Å². The molecule has 0 spiro atoms. The first-order chi connectivity index (χ1) is 12.4. The zero-order valence-electron chi connectivity index (χ0n) is 15.4. The van der Waals surface area contributed by atoms with Crippen LogP contribution in [0.1, 0.15) is 38.2 Å². The Morgan fingerprint density at radius 1 is 1.38 bits per heavy atom. The highest BCUT2D eigenvalue weighted by molar-refractivity contribution is 6.39. The third-order valence-electron chi connectivity index (χ3n) is 6.01. The van der Waals surface area contributed by atoms with Crippen molar-refractivity contribution >= 4 is 29.5 Å². The highest BCUT2D eigenvalue weighted by Gasteiger charge is 2.49. The van der Waals surface area contributed by atoms with Crippen molar-refractivity contribution in [2.45, 2.75) is 45.6 Å². The fraction of sp³-hybridized carbons (Fsp3) is 0.550. The lowest BCUT2D eigenvalue weighted by atomic mass is 9.62. The number of nitrogens with one attached hydrogen (secondary N) is 1. The van der Waals surface area contributed by atoms with Gasteiger partial charge >= 0.3 is 0 Å². The Morgan fingerprint density at radius 2 is 2.12 bits per heavy atom. The normalized spacial score (nSPS) is 31.3. The number of halogens is 1. The smallest absolute Gasteiger partial charge is 0.229 e. The Bertz CT molecular complexity index is 724. The topological polar surface area (TPSA) is 80.4 Å². The average molecular weight is 375 g/mol. The van der Waals surface area contributed by atoms with E-state index in [1.165, 1.54) is 0 Å². The number of carbonyl (C=O) groups excluding carboxylic acids is 1. The molecule has 2 unspecified atom stereocenters. The van der Waals surface area contributed by atoms with Crippen LogP contribution in [0.3, 0.4) is 0 Å². The van der Waals surface area contributed by atoms with Crippen molar-refractivity contribution in [2.75, 3.05) is 11.9 Å². The first-order valence-electron chi connectivity index (χ1n) is 9.30. The van der Waals surface area contributed by atoms with E-state index in [1.807, 2.05) is 25.3 Å². The number of allylic oxidation sites excluding steroid dienone is 1. The van der Waals surface area contributed by atoms with Crippen molar-refractivity contribution in [3.8, 4) is 0 Å². The molecule has 1 aliphatic carbocycles. The maximum atomic E-state index is 12.4. The molecule has 1 fully saturated rings. The highest BCUT2D eigenvalue weighted by atomic mass is 35.5. The molecule has 140 valence electrons. The van der Waals surface area contributed by atoms with Crippen molar-refractivity contribution in [3.05, 3.63) is 35.0 Å². The molecule has 0 bridgehead atoms. The molecule has 26 heavy (non-hydrogen) atoms. The number of aliphatic imine (C=N–C) groups is 1. The Balaban J connectivity index is 1.63. The summed E-state index contributed by atoms with van der Waals surface area (Å²) in [5.74, 6) is 1.40. The first kappa shape index (κ1) is 18.9. The van der Waals surface area contributed by atoms with Crippen LogP contribution < -0.4 is 11.1 Å². The summed E-state index contributed by atoms with van der Waals surface area (Å²) < 4.78 is 0. The molecule has 0 radical (unpaired) electrons. The standard InChI is InChI=1S/C20H27ClN4O/c1-13-4-3-9-23-18(13)25-11-15-5-7-16(8-6-15)20(19(22)26)10-17(21)12-24-14(20)2/h3-4,9-10,12,14-16H,5-8,11H2,1-2H3,(H2,22,26)(H,23,25). The van der Waals surface area contributed by atoms with Crippen LogP contribution in [0.25, 0.3) is 0 Å². The van der Waals surface area contributed by atoms with Gasteiger partial charge in [-0.2, -0.15) is 0 Å². The van der Waals surface area contributed by atoms with E-state index in [0.29, 0.717) is 11.0 Å². The summed E-state index contributed by atoms with van der Waals surface area (Å²) in [6.45, 7) is 4.92. The molecule has 1 saturated carbocycles. The number of pyridine rings is 1. The highest BCUT2D eigenvalue weighted by Crippen LogP contribution is 2.46. The monoisotopic (exact) mass is 374 g/mol. The summed E-state index contributed by atoms with van der Waals surface area (Å²) >= 11 is 6.18. The summed E-state index contributed by atoms with van der Waals surface area (Å²) in [6, 6.07) is 3.84. The van der Waals surface area contributed by atoms with Gasteiger partial charge in [0.2, 0.25) is 5.91 Å². The zero-order chi connectivity index (χ0) is 18.7. The molecule has 2 aliphatic rings. The van der Waals surface area contributed by atoms with Gasteiger partial charge in [-0.3, -0.25) is 9.79 Å². The van der Waals surface area contributed by atoms with Gasteiger partial charge in [0.25, 0.3) is 0 Å². The van der Waals surface area contributed by atoms with Crippen molar-refractivity contribution in [1.29, 1.82) is 0 Å². The molecular weight excluding hydrogens is 348 g/mol. The van der Waals surface area contributed by atoms with Gasteiger partial charge in [0.15, 0.2) is 0 Å². The number of primary amides is 1. The fourth-order valence-corrected chi connectivity index (χ4v) is 4.62. The number of nitrogens with two attached hydrogens (primary N) is 1. The van der Waals surface area contributed by atoms with Crippen molar-refractivity contribution in [1.82, 2.24) is 4.98 Å². The van der Waals surface area contributed by atoms with Crippen LogP contribution >= 0.6 is 11.6 Å². The van der Waals surface area contributed by atoms with E-state index in [1.54, 1.807) is 6.21 Å². The van der Waals surface area contributed by atoms with E-state index in [0.717, 1.165) is 43.6 Å². The van der Waals surface area contributed by atoms with Gasteiger partial charge in [-0.15, -0.1) is 0 Å². The lowest BCUT2D eigenvalue weighted by Crippen LogP contribution is -2.51. The first-order valence-corrected chi connectivity index (χ1v) is 9.68. The third kappa shape index (κ3) is 3.63. The van der Waals surface area contributed by atoms with Crippen LogP contribution in [0.15, 0.2) is 34.4 Å². The molecule has 0 aromatic carbocycles. The molecule has 1 amide bonds. The molecule has 3 rings (SSSR count). The van der Waals surface area contributed by atoms with Crippen molar-refractivity contribution in [2.24, 2.45) is 28.0 Å². The Labute approximate surface area is 160 Å². The second kappa shape index (κ2) is 7.78. The maximum Gasteiger partial charge on any atom is 0.229 e. The van der Waals surface area contributed by atoms with Crippen LogP contribution in [0.5, 0.6) is 0 Å². The number of aromatic nitrogens is 1. The molecule has 2 atom stereocenters. The minimum atomic E-state index is -0.762. The number of rotatable bonds is 5. The Morgan fingerprint density at radius 3 is 2.77 bits per heavy atom. The lowest BCUT2D eigenvalue weighted by Gasteiger charge is -2.43. The van der Waals surface area contributed by atoms with Gasteiger partial charge < -0.3 is 11.1 Å². The molecule has 1 aromatic heterocycles. The maximum absolute atomic E-state index is 12.4. The molecule has 0 saturated heterocycles. The fourth-order valence-electron chi connectivity index (χ4n) is 4.39. The van der Waals surface area contributed by atoms with Gasteiger partial charge in [-0.05, 0) is 69.1 Å². The van der Waals surface area contributed by atoms with Gasteiger partial charge in [-0.1, -0.05) is 17.7 Å². The number of nitrogens with zero attached hydrogens (tertiary/aromatic N) is 2. The van der Waals surface area contributed by atoms with Crippen LogP contribution in [0.4, 0.5) is 5.82 Å². The Kier molecular flexibility index (Phi) is 5.66. The number of anilines is 1. The molecular formula is C20H27ClN4O. The molecule has 3 N–H and O–H groups in total. The van der Waals surface area contributed by atoms with Gasteiger partial charge in [0.05, 0.1) is 16.5 Å². The van der Waals surface area contributed by atoms with Gasteiger partial charge in [0.1, 0.15) is 5.82 Å². The minimum Gasteiger partial charge on any atom is -0.370 e. The second-order valence-corrected chi connectivity index (χ2v) is 7.98. The van der Waals surface area contributed by atoms with E-state index in [-0.39, 0.29) is 17.9 Å². The quantitative estimate of drug-likeness (QED) is 0.824. The second-order valence-electron chi connectivity index (χ2n) is 7.55. The molecule has 6 heteroatoms. The van der Waals surface area contributed by atoms with E-state index in [2.05, 4.69) is 28.3 Å². The van der Waals surface area contributed by atoms with Crippen LogP contribution in [-0.4, -0.2) is 29.7 Å². The zero-order valence-corrected chi connectivity index (χ0v) is 16.2. The molecule has 5 nitrogen and oxygen atoms in total. The summed E-state index contributed by atoms with van der Waals surface area (Å²) in [4.78, 5) is 21.2. The molecule has 1 aromatic rings. The van der Waals surface area contributed by atoms with E-state index >= 15 is 0 Å². The predicted octanol–water partition coefficient (Wildman–Crippen LogP) is 3.68. The van der Waals surface area contributed by atoms with Gasteiger partial charge in [-0.25, -0.2) is 4.98 Å². The third-order valence-corrected chi connectivity index (χ3v) is 6.21. The summed E-state index contributed by atoms with van der Waals surface area (Å²) in [5, 5.41) is 3.98. The lowest BCUT2D eigenvalue weighted by molar-refractivity contribution is -0.129. The summed E-state index contributed by atoms with van der Waals surface area (Å²) in [5.41, 5.74) is 6.23. The number of carbonyl (C=O) groups is 1. The predicted molar refractivity (Wildman–Crippen MR) is 106 cm³/mol. The van der Waals surface area contributed by atoms with E-state index in [4.69, 9.17) is 17.3 Å². The Hall–Kier alpha value is -1.88. The summed E-state index contributed by atoms with van der Waals surface area (Å²) in [7, 11) is 0. The molecule has 2 heterocycles.